The van der Waals surface area contributed by atoms with Crippen LogP contribution in [0.4, 0.5) is 0 Å². The van der Waals surface area contributed by atoms with Gasteiger partial charge in [-0.15, -0.1) is 0 Å². The number of aliphatic hydroxyl groups excluding tert-OH is 1. The van der Waals surface area contributed by atoms with Crippen molar-refractivity contribution in [1.29, 1.82) is 0 Å². The second-order valence-corrected chi connectivity index (χ2v) is 7.16. The largest absolute Gasteiger partial charge is 0.392 e. The average molecular weight is 312 g/mol. The highest BCUT2D eigenvalue weighted by Crippen LogP contribution is 2.20. The maximum Gasteiger partial charge on any atom is 0.238 e. The van der Waals surface area contributed by atoms with Gasteiger partial charge in [0.1, 0.15) is 6.04 Å². The van der Waals surface area contributed by atoms with Gasteiger partial charge in [0, 0.05) is 13.1 Å². The van der Waals surface area contributed by atoms with E-state index in [9.17, 15) is 13.2 Å². The molecule has 21 heavy (non-hydrogen) atoms. The van der Waals surface area contributed by atoms with Crippen LogP contribution in [0.15, 0.2) is 24.3 Å². The van der Waals surface area contributed by atoms with E-state index in [4.69, 9.17) is 5.11 Å². The van der Waals surface area contributed by atoms with E-state index in [2.05, 4.69) is 5.32 Å². The van der Waals surface area contributed by atoms with Crippen molar-refractivity contribution in [2.75, 3.05) is 12.8 Å². The van der Waals surface area contributed by atoms with Gasteiger partial charge < -0.3 is 10.4 Å². The number of carbonyl (C=O) groups excluding carboxylic acids is 1. The van der Waals surface area contributed by atoms with E-state index in [1.807, 2.05) is 12.1 Å². The first-order valence-corrected chi connectivity index (χ1v) is 8.70. The van der Waals surface area contributed by atoms with Crippen molar-refractivity contribution in [2.45, 2.75) is 32.0 Å². The van der Waals surface area contributed by atoms with Crippen LogP contribution in [0.5, 0.6) is 0 Å². The second-order valence-electron chi connectivity index (χ2n) is 5.22. The lowest BCUT2D eigenvalue weighted by Crippen LogP contribution is -2.45. The van der Waals surface area contributed by atoms with E-state index in [1.54, 1.807) is 12.1 Å². The van der Waals surface area contributed by atoms with Crippen molar-refractivity contribution >= 4 is 15.9 Å². The zero-order chi connectivity index (χ0) is 15.5. The molecule has 1 aromatic carbocycles. The Labute approximate surface area is 124 Å². The number of aliphatic hydroxyl groups is 1. The summed E-state index contributed by atoms with van der Waals surface area (Å²) in [5, 5.41) is 11.7. The van der Waals surface area contributed by atoms with Crippen LogP contribution in [0.3, 0.4) is 0 Å². The summed E-state index contributed by atoms with van der Waals surface area (Å²) in [6.45, 7) is 0.735. The van der Waals surface area contributed by atoms with E-state index in [0.717, 1.165) is 17.4 Å². The van der Waals surface area contributed by atoms with E-state index in [0.29, 0.717) is 25.9 Å². The van der Waals surface area contributed by atoms with E-state index >= 15 is 0 Å². The molecule has 1 fully saturated rings. The first-order valence-electron chi connectivity index (χ1n) is 6.85. The van der Waals surface area contributed by atoms with Crippen molar-refractivity contribution in [3.63, 3.8) is 0 Å². The molecule has 2 N–H and O–H groups in total. The molecule has 0 aliphatic carbocycles. The normalized spacial score (nSPS) is 19.6. The van der Waals surface area contributed by atoms with E-state index in [1.165, 1.54) is 4.31 Å². The Kier molecular flexibility index (Phi) is 4.97. The van der Waals surface area contributed by atoms with Crippen LogP contribution in [0.25, 0.3) is 0 Å². The molecular formula is C14H20N2O4S. The highest BCUT2D eigenvalue weighted by molar-refractivity contribution is 7.88. The SMILES string of the molecule is CS(=O)(=O)N1CCCC1C(=O)NCc1ccc(CO)cc1. The number of benzene rings is 1. The smallest absolute Gasteiger partial charge is 0.238 e. The average Bonchev–Trinajstić information content (AvgIpc) is 2.95. The minimum atomic E-state index is -3.34. The van der Waals surface area contributed by atoms with Crippen LogP contribution in [0, 0.1) is 0 Å². The fourth-order valence-corrected chi connectivity index (χ4v) is 3.59. The molecule has 1 amide bonds. The minimum absolute atomic E-state index is 0.0158. The van der Waals surface area contributed by atoms with Gasteiger partial charge in [0.15, 0.2) is 0 Å². The van der Waals surface area contributed by atoms with Crippen LogP contribution in [0.2, 0.25) is 0 Å². The molecule has 0 saturated carbocycles. The molecule has 1 aromatic rings. The Morgan fingerprint density at radius 2 is 1.95 bits per heavy atom. The van der Waals surface area contributed by atoms with Gasteiger partial charge in [0.2, 0.25) is 15.9 Å². The number of hydrogen-bond donors (Lipinski definition) is 2. The molecular weight excluding hydrogens is 292 g/mol. The highest BCUT2D eigenvalue weighted by Gasteiger charge is 2.36. The maximum absolute atomic E-state index is 12.1. The summed E-state index contributed by atoms with van der Waals surface area (Å²) in [6, 6.07) is 6.64. The van der Waals surface area contributed by atoms with Gasteiger partial charge in [-0.25, -0.2) is 8.42 Å². The molecule has 116 valence electrons. The van der Waals surface area contributed by atoms with Gasteiger partial charge in [-0.2, -0.15) is 4.31 Å². The molecule has 1 atom stereocenters. The van der Waals surface area contributed by atoms with Crippen molar-refractivity contribution in [3.05, 3.63) is 35.4 Å². The van der Waals surface area contributed by atoms with Crippen LogP contribution in [-0.2, 0) is 28.0 Å². The number of nitrogens with one attached hydrogen (secondary N) is 1. The van der Waals surface area contributed by atoms with Crippen LogP contribution in [0.1, 0.15) is 24.0 Å². The Balaban J connectivity index is 1.95. The summed E-state index contributed by atoms with van der Waals surface area (Å²) in [5.74, 6) is -0.260. The third-order valence-corrected chi connectivity index (χ3v) is 4.89. The highest BCUT2D eigenvalue weighted by atomic mass is 32.2. The van der Waals surface area contributed by atoms with Gasteiger partial charge in [0.25, 0.3) is 0 Å². The van der Waals surface area contributed by atoms with Gasteiger partial charge in [-0.3, -0.25) is 4.79 Å². The predicted molar refractivity (Wildman–Crippen MR) is 78.8 cm³/mol. The van der Waals surface area contributed by atoms with E-state index in [-0.39, 0.29) is 12.5 Å². The molecule has 7 heteroatoms. The lowest BCUT2D eigenvalue weighted by Gasteiger charge is -2.21. The quantitative estimate of drug-likeness (QED) is 0.814. The standard InChI is InChI=1S/C14H20N2O4S/c1-21(19,20)16-8-2-3-13(16)14(18)15-9-11-4-6-12(10-17)7-5-11/h4-7,13,17H,2-3,8-10H2,1H3,(H,15,18). The number of nitrogens with zero attached hydrogens (tertiary/aromatic N) is 1. The van der Waals surface area contributed by atoms with Crippen molar-refractivity contribution in [3.8, 4) is 0 Å². The van der Waals surface area contributed by atoms with Gasteiger partial charge in [-0.05, 0) is 24.0 Å². The zero-order valence-electron chi connectivity index (χ0n) is 11.9. The molecule has 1 aliphatic rings. The number of hydrogen-bond acceptors (Lipinski definition) is 4. The lowest BCUT2D eigenvalue weighted by molar-refractivity contribution is -0.124. The third kappa shape index (κ3) is 4.03. The molecule has 1 unspecified atom stereocenters. The topological polar surface area (TPSA) is 86.7 Å². The monoisotopic (exact) mass is 312 g/mol. The second kappa shape index (κ2) is 6.55. The lowest BCUT2D eigenvalue weighted by atomic mass is 10.1. The number of sulfonamides is 1. The number of amides is 1. The van der Waals surface area contributed by atoms with Crippen molar-refractivity contribution in [1.82, 2.24) is 9.62 Å². The Morgan fingerprint density at radius 3 is 2.52 bits per heavy atom. The Hall–Kier alpha value is -1.44. The third-order valence-electron chi connectivity index (χ3n) is 3.60. The molecule has 1 saturated heterocycles. The van der Waals surface area contributed by atoms with Gasteiger partial charge in [-0.1, -0.05) is 24.3 Å². The summed E-state index contributed by atoms with van der Waals surface area (Å²) >= 11 is 0. The molecule has 0 radical (unpaired) electrons. The maximum atomic E-state index is 12.1. The van der Waals surface area contributed by atoms with Crippen LogP contribution in [-0.4, -0.2) is 42.6 Å². The van der Waals surface area contributed by atoms with Gasteiger partial charge in [0.05, 0.1) is 12.9 Å². The fraction of sp³-hybridized carbons (Fsp3) is 0.500. The molecule has 2 rings (SSSR count). The summed E-state index contributed by atoms with van der Waals surface area (Å²) < 4.78 is 24.5. The Morgan fingerprint density at radius 1 is 1.33 bits per heavy atom. The van der Waals surface area contributed by atoms with Crippen molar-refractivity contribution < 1.29 is 18.3 Å². The summed E-state index contributed by atoms with van der Waals surface area (Å²) in [7, 11) is -3.34. The number of carbonyl (C=O) groups is 1. The minimum Gasteiger partial charge on any atom is -0.392 e. The molecule has 6 nitrogen and oxygen atoms in total. The molecule has 1 heterocycles. The molecule has 0 bridgehead atoms. The van der Waals surface area contributed by atoms with Crippen molar-refractivity contribution in [2.24, 2.45) is 0 Å². The molecule has 0 spiro atoms. The predicted octanol–water partition coefficient (Wildman–Crippen LogP) is 0.219. The zero-order valence-corrected chi connectivity index (χ0v) is 12.8. The molecule has 0 aromatic heterocycles. The first kappa shape index (κ1) is 15.9. The number of rotatable bonds is 5. The Bertz CT molecular complexity index is 598. The van der Waals surface area contributed by atoms with E-state index < -0.39 is 16.1 Å². The first-order chi connectivity index (χ1) is 9.91. The summed E-state index contributed by atoms with van der Waals surface area (Å²) in [5.41, 5.74) is 1.72. The fourth-order valence-electron chi connectivity index (χ4n) is 2.47. The van der Waals surface area contributed by atoms with Gasteiger partial charge >= 0.3 is 0 Å². The molecule has 1 aliphatic heterocycles. The summed E-state index contributed by atoms with van der Waals surface area (Å²) in [6.07, 6.45) is 2.39. The summed E-state index contributed by atoms with van der Waals surface area (Å²) in [4.78, 5) is 12.1. The van der Waals surface area contributed by atoms with Crippen LogP contribution >= 0.6 is 0 Å². The van der Waals surface area contributed by atoms with Crippen LogP contribution < -0.4 is 5.32 Å².